The summed E-state index contributed by atoms with van der Waals surface area (Å²) in [5, 5.41) is 0. The molecule has 5 rings (SSSR count). The highest BCUT2D eigenvalue weighted by atomic mass is 15.3. The molecule has 4 heterocycles. The zero-order valence-corrected chi connectivity index (χ0v) is 17.2. The van der Waals surface area contributed by atoms with E-state index in [1.54, 1.807) is 0 Å². The second-order valence-corrected chi connectivity index (χ2v) is 10.2. The van der Waals surface area contributed by atoms with Gasteiger partial charge in [0.15, 0.2) is 0 Å². The average molecular weight is 348 g/mol. The second-order valence-electron chi connectivity index (χ2n) is 10.2. The number of fused-ring (bicyclic) bond motifs is 3. The highest BCUT2D eigenvalue weighted by Crippen LogP contribution is 2.41. The SMILES string of the molecule is CC(C)C1CC(N2CC3CCC2CN3CC2CCN(C(C)C)CC2)C1. The summed E-state index contributed by atoms with van der Waals surface area (Å²) in [4.78, 5) is 8.51. The lowest BCUT2D eigenvalue weighted by Crippen LogP contribution is -2.67. The minimum Gasteiger partial charge on any atom is -0.301 e. The fourth-order valence-electron chi connectivity index (χ4n) is 6.05. The topological polar surface area (TPSA) is 9.72 Å². The first-order chi connectivity index (χ1) is 12.0. The van der Waals surface area contributed by atoms with Crippen LogP contribution in [0.4, 0.5) is 0 Å². The minimum atomic E-state index is 0.734. The Morgan fingerprint density at radius 2 is 1.48 bits per heavy atom. The van der Waals surface area contributed by atoms with E-state index in [0.717, 1.165) is 41.9 Å². The van der Waals surface area contributed by atoms with Gasteiger partial charge in [-0.25, -0.2) is 0 Å². The van der Waals surface area contributed by atoms with Crippen molar-refractivity contribution in [1.29, 1.82) is 0 Å². The van der Waals surface area contributed by atoms with Gasteiger partial charge in [0.05, 0.1) is 0 Å². The molecule has 0 radical (unpaired) electrons. The number of hydrogen-bond donors (Lipinski definition) is 0. The highest BCUT2D eigenvalue weighted by Gasteiger charge is 2.45. The summed E-state index contributed by atoms with van der Waals surface area (Å²) in [6.07, 6.45) is 8.74. The number of piperazine rings is 1. The molecule has 5 aliphatic rings. The van der Waals surface area contributed by atoms with Gasteiger partial charge in [0.2, 0.25) is 0 Å². The molecule has 144 valence electrons. The van der Waals surface area contributed by atoms with Crippen LogP contribution in [0.2, 0.25) is 0 Å². The molecule has 25 heavy (non-hydrogen) atoms. The van der Waals surface area contributed by atoms with Crippen LogP contribution in [0.3, 0.4) is 0 Å². The van der Waals surface area contributed by atoms with Crippen LogP contribution in [0.1, 0.15) is 66.2 Å². The predicted molar refractivity (Wildman–Crippen MR) is 106 cm³/mol. The van der Waals surface area contributed by atoms with Gasteiger partial charge in [0.1, 0.15) is 0 Å². The van der Waals surface area contributed by atoms with Crippen molar-refractivity contribution >= 4 is 0 Å². The first-order valence-corrected chi connectivity index (χ1v) is 11.2. The van der Waals surface area contributed by atoms with E-state index in [1.165, 1.54) is 71.2 Å². The van der Waals surface area contributed by atoms with E-state index >= 15 is 0 Å². The molecule has 2 unspecified atom stereocenters. The smallest absolute Gasteiger partial charge is 0.0227 e. The van der Waals surface area contributed by atoms with Gasteiger partial charge in [-0.3, -0.25) is 9.80 Å². The molecule has 0 amide bonds. The lowest BCUT2D eigenvalue weighted by atomic mass is 9.71. The maximum absolute atomic E-state index is 2.94. The number of likely N-dealkylation sites (tertiary alicyclic amines) is 1. The second kappa shape index (κ2) is 7.48. The van der Waals surface area contributed by atoms with Crippen molar-refractivity contribution in [2.24, 2.45) is 17.8 Å². The Balaban J connectivity index is 1.25. The van der Waals surface area contributed by atoms with E-state index in [9.17, 15) is 0 Å². The predicted octanol–water partition coefficient (Wildman–Crippen LogP) is 3.69. The Hall–Kier alpha value is -0.120. The maximum atomic E-state index is 2.94. The average Bonchev–Trinajstić information content (AvgIpc) is 2.55. The largest absolute Gasteiger partial charge is 0.301 e. The molecule has 4 aliphatic heterocycles. The van der Waals surface area contributed by atoms with Gasteiger partial charge in [0.25, 0.3) is 0 Å². The van der Waals surface area contributed by atoms with E-state index in [-0.39, 0.29) is 0 Å². The summed E-state index contributed by atoms with van der Waals surface area (Å²) >= 11 is 0. The van der Waals surface area contributed by atoms with Crippen LogP contribution in [-0.4, -0.2) is 71.6 Å². The zero-order chi connectivity index (χ0) is 17.6. The molecule has 2 atom stereocenters. The highest BCUT2D eigenvalue weighted by molar-refractivity contribution is 5.01. The van der Waals surface area contributed by atoms with Crippen molar-refractivity contribution < 1.29 is 0 Å². The molecule has 1 saturated carbocycles. The molecule has 5 fully saturated rings. The number of rotatable bonds is 5. The molecule has 0 aromatic rings. The fraction of sp³-hybridized carbons (Fsp3) is 1.00. The molecule has 3 heteroatoms. The van der Waals surface area contributed by atoms with Crippen molar-refractivity contribution in [1.82, 2.24) is 14.7 Å². The third kappa shape index (κ3) is 3.80. The zero-order valence-electron chi connectivity index (χ0n) is 17.2. The Bertz CT molecular complexity index is 435. The van der Waals surface area contributed by atoms with E-state index in [0.29, 0.717) is 0 Å². The summed E-state index contributed by atoms with van der Waals surface area (Å²) in [7, 11) is 0. The summed E-state index contributed by atoms with van der Waals surface area (Å²) in [6.45, 7) is 16.3. The van der Waals surface area contributed by atoms with Gasteiger partial charge in [-0.15, -0.1) is 0 Å². The molecule has 3 nitrogen and oxygen atoms in total. The first-order valence-electron chi connectivity index (χ1n) is 11.2. The van der Waals surface area contributed by atoms with Gasteiger partial charge in [-0.1, -0.05) is 13.8 Å². The monoisotopic (exact) mass is 347 g/mol. The first kappa shape index (κ1) is 18.3. The lowest BCUT2D eigenvalue weighted by Gasteiger charge is -2.58. The summed E-state index contributed by atoms with van der Waals surface area (Å²) in [5.74, 6) is 2.86. The molecule has 0 spiro atoms. The third-order valence-electron chi connectivity index (χ3n) is 8.12. The van der Waals surface area contributed by atoms with Gasteiger partial charge in [0, 0.05) is 43.8 Å². The minimum absolute atomic E-state index is 0.734. The fourth-order valence-corrected chi connectivity index (χ4v) is 6.05. The number of hydrogen-bond acceptors (Lipinski definition) is 3. The van der Waals surface area contributed by atoms with Gasteiger partial charge < -0.3 is 4.90 Å². The van der Waals surface area contributed by atoms with Crippen LogP contribution in [0.15, 0.2) is 0 Å². The third-order valence-corrected chi connectivity index (χ3v) is 8.12. The Labute approximate surface area is 156 Å². The van der Waals surface area contributed by atoms with E-state index < -0.39 is 0 Å². The van der Waals surface area contributed by atoms with Crippen molar-refractivity contribution in [2.75, 3.05) is 32.7 Å². The quantitative estimate of drug-likeness (QED) is 0.751. The molecule has 4 saturated heterocycles. The molecular weight excluding hydrogens is 306 g/mol. The molecule has 0 aromatic carbocycles. The van der Waals surface area contributed by atoms with Crippen LogP contribution >= 0.6 is 0 Å². The summed E-state index contributed by atoms with van der Waals surface area (Å²) in [5.41, 5.74) is 0. The molecule has 2 bridgehead atoms. The van der Waals surface area contributed by atoms with Crippen molar-refractivity contribution in [3.05, 3.63) is 0 Å². The van der Waals surface area contributed by atoms with Crippen molar-refractivity contribution in [3.8, 4) is 0 Å². The van der Waals surface area contributed by atoms with Gasteiger partial charge >= 0.3 is 0 Å². The van der Waals surface area contributed by atoms with E-state index in [2.05, 4.69) is 42.4 Å². The van der Waals surface area contributed by atoms with Crippen LogP contribution in [0, 0.1) is 17.8 Å². The van der Waals surface area contributed by atoms with Crippen LogP contribution in [0.25, 0.3) is 0 Å². The molecule has 1 aliphatic carbocycles. The molecule has 0 N–H and O–H groups in total. The maximum Gasteiger partial charge on any atom is 0.0227 e. The normalized spacial score (nSPS) is 38.6. The van der Waals surface area contributed by atoms with Gasteiger partial charge in [-0.05, 0) is 83.2 Å². The summed E-state index contributed by atoms with van der Waals surface area (Å²) in [6, 6.07) is 3.40. The van der Waals surface area contributed by atoms with Crippen molar-refractivity contribution in [2.45, 2.75) is 90.4 Å². The van der Waals surface area contributed by atoms with Crippen molar-refractivity contribution in [3.63, 3.8) is 0 Å². The lowest BCUT2D eigenvalue weighted by molar-refractivity contribution is -0.0817. The van der Waals surface area contributed by atoms with Crippen LogP contribution in [0.5, 0.6) is 0 Å². The standard InChI is InChI=1S/C22H41N3/c1-16(2)19-11-22(12-19)25-15-20-5-6-21(25)14-24(20)13-18-7-9-23(10-8-18)17(3)4/h16-22H,5-15H2,1-4H3. The Kier molecular flexibility index (Phi) is 5.46. The Morgan fingerprint density at radius 3 is 2.04 bits per heavy atom. The van der Waals surface area contributed by atoms with E-state index in [4.69, 9.17) is 0 Å². The molecule has 0 aromatic heterocycles. The molecular formula is C22H41N3. The van der Waals surface area contributed by atoms with E-state index in [1.807, 2.05) is 0 Å². The van der Waals surface area contributed by atoms with Crippen LogP contribution in [-0.2, 0) is 0 Å². The summed E-state index contributed by atoms with van der Waals surface area (Å²) < 4.78 is 0. The number of nitrogens with zero attached hydrogens (tertiary/aromatic N) is 3. The van der Waals surface area contributed by atoms with Crippen LogP contribution < -0.4 is 0 Å². The Morgan fingerprint density at radius 1 is 0.800 bits per heavy atom. The van der Waals surface area contributed by atoms with Gasteiger partial charge in [-0.2, -0.15) is 0 Å². The number of piperidine rings is 3.